The van der Waals surface area contributed by atoms with Crippen LogP contribution in [0.2, 0.25) is 0 Å². The molecule has 0 fully saturated rings. The molecule has 0 saturated heterocycles. The summed E-state index contributed by atoms with van der Waals surface area (Å²) in [5, 5.41) is -0.958. The lowest BCUT2D eigenvalue weighted by atomic mass is 10.2. The SMILES string of the molecule is CS(=O)(=O)C(=O)[C@@H](N)Cc1c[nH]cn1. The Morgan fingerprint density at radius 3 is 2.79 bits per heavy atom. The minimum absolute atomic E-state index is 0.120. The Hall–Kier alpha value is -1.21. The average molecular weight is 217 g/mol. The molecule has 1 atom stereocenters. The van der Waals surface area contributed by atoms with Gasteiger partial charge >= 0.3 is 0 Å². The standard InChI is InChI=1S/C7H11N3O3S/c1-14(12,13)7(11)6(8)2-5-3-9-4-10-5/h3-4,6H,2,8H2,1H3,(H,9,10)/t6-/m0/s1. The fourth-order valence-corrected chi connectivity index (χ4v) is 1.62. The topological polar surface area (TPSA) is 106 Å². The second-order valence-electron chi connectivity index (χ2n) is 2.96. The lowest BCUT2D eigenvalue weighted by Gasteiger charge is -2.06. The predicted octanol–water partition coefficient (Wildman–Crippen LogP) is -1.15. The van der Waals surface area contributed by atoms with Crippen LogP contribution >= 0.6 is 0 Å². The number of nitrogens with zero attached hydrogens (tertiary/aromatic N) is 1. The summed E-state index contributed by atoms with van der Waals surface area (Å²) in [5.41, 5.74) is 5.98. The molecule has 0 bridgehead atoms. The van der Waals surface area contributed by atoms with Gasteiger partial charge in [-0.2, -0.15) is 0 Å². The number of carbonyl (C=O) groups is 1. The molecule has 6 nitrogen and oxygen atoms in total. The lowest BCUT2D eigenvalue weighted by molar-refractivity contribution is -0.112. The molecule has 78 valence electrons. The van der Waals surface area contributed by atoms with Crippen LogP contribution in [0.5, 0.6) is 0 Å². The molecule has 0 spiro atoms. The number of aromatic nitrogens is 2. The molecule has 1 aromatic rings. The maximum Gasteiger partial charge on any atom is 0.263 e. The van der Waals surface area contributed by atoms with Crippen LogP contribution < -0.4 is 5.73 Å². The molecule has 0 amide bonds. The van der Waals surface area contributed by atoms with E-state index in [4.69, 9.17) is 5.73 Å². The zero-order chi connectivity index (χ0) is 10.8. The maximum atomic E-state index is 11.1. The minimum Gasteiger partial charge on any atom is -0.351 e. The second-order valence-corrected chi connectivity index (χ2v) is 4.91. The first-order chi connectivity index (χ1) is 6.41. The summed E-state index contributed by atoms with van der Waals surface area (Å²) < 4.78 is 21.7. The Bertz CT molecular complexity index is 409. The number of rotatable bonds is 3. The van der Waals surface area contributed by atoms with Gasteiger partial charge in [0.1, 0.15) is 0 Å². The van der Waals surface area contributed by atoms with E-state index in [1.165, 1.54) is 6.33 Å². The van der Waals surface area contributed by atoms with Gasteiger partial charge in [-0.05, 0) is 0 Å². The molecule has 0 unspecified atom stereocenters. The molecule has 3 N–H and O–H groups in total. The van der Waals surface area contributed by atoms with Crippen LogP contribution in [-0.4, -0.2) is 35.8 Å². The molecule has 0 aliphatic heterocycles. The Kier molecular flexibility index (Phi) is 3.02. The third-order valence-corrected chi connectivity index (χ3v) is 2.69. The van der Waals surface area contributed by atoms with Crippen molar-refractivity contribution in [3.05, 3.63) is 18.2 Å². The molecule has 0 saturated carbocycles. The van der Waals surface area contributed by atoms with E-state index in [1.807, 2.05) is 0 Å². The highest BCUT2D eigenvalue weighted by Crippen LogP contribution is 2.00. The van der Waals surface area contributed by atoms with Crippen molar-refractivity contribution in [2.45, 2.75) is 12.5 Å². The number of hydrogen-bond acceptors (Lipinski definition) is 5. The summed E-state index contributed by atoms with van der Waals surface area (Å²) in [6, 6.07) is -1.05. The van der Waals surface area contributed by atoms with Crippen LogP contribution in [-0.2, 0) is 21.1 Å². The van der Waals surface area contributed by atoms with E-state index in [9.17, 15) is 13.2 Å². The fraction of sp³-hybridized carbons (Fsp3) is 0.429. The molecular weight excluding hydrogens is 206 g/mol. The van der Waals surface area contributed by atoms with Gasteiger partial charge in [0, 0.05) is 18.9 Å². The van der Waals surface area contributed by atoms with Gasteiger partial charge in [-0.15, -0.1) is 0 Å². The maximum absolute atomic E-state index is 11.1. The van der Waals surface area contributed by atoms with Crippen molar-refractivity contribution in [3.63, 3.8) is 0 Å². The van der Waals surface area contributed by atoms with E-state index in [-0.39, 0.29) is 6.42 Å². The average Bonchev–Trinajstić information content (AvgIpc) is 2.53. The molecule has 1 heterocycles. The summed E-state index contributed by atoms with van der Waals surface area (Å²) in [6.07, 6.45) is 3.97. The van der Waals surface area contributed by atoms with Crippen LogP contribution in [0.1, 0.15) is 5.69 Å². The number of nitrogens with one attached hydrogen (secondary N) is 1. The van der Waals surface area contributed by atoms with Crippen molar-refractivity contribution in [1.82, 2.24) is 9.97 Å². The van der Waals surface area contributed by atoms with Crippen molar-refractivity contribution in [2.24, 2.45) is 5.73 Å². The Morgan fingerprint density at radius 2 is 2.36 bits per heavy atom. The van der Waals surface area contributed by atoms with Crippen LogP contribution in [0.3, 0.4) is 0 Å². The number of hydrogen-bond donors (Lipinski definition) is 2. The molecule has 0 radical (unpaired) electrons. The molecule has 1 rings (SSSR count). The highest BCUT2D eigenvalue weighted by atomic mass is 32.2. The van der Waals surface area contributed by atoms with E-state index in [2.05, 4.69) is 9.97 Å². The van der Waals surface area contributed by atoms with Gasteiger partial charge in [0.2, 0.25) is 9.84 Å². The molecule has 7 heteroatoms. The van der Waals surface area contributed by atoms with Gasteiger partial charge in [0.05, 0.1) is 18.1 Å². The summed E-state index contributed by atoms with van der Waals surface area (Å²) in [5.74, 6) is 0. The summed E-state index contributed by atoms with van der Waals surface area (Å²) in [4.78, 5) is 17.7. The number of aromatic amines is 1. The van der Waals surface area contributed by atoms with E-state index in [0.29, 0.717) is 5.69 Å². The highest BCUT2D eigenvalue weighted by molar-refractivity contribution is 8.05. The zero-order valence-electron chi connectivity index (χ0n) is 7.60. The van der Waals surface area contributed by atoms with Gasteiger partial charge in [-0.25, -0.2) is 13.4 Å². The van der Waals surface area contributed by atoms with Crippen molar-refractivity contribution >= 4 is 15.0 Å². The van der Waals surface area contributed by atoms with Crippen molar-refractivity contribution < 1.29 is 13.2 Å². The van der Waals surface area contributed by atoms with Gasteiger partial charge in [-0.1, -0.05) is 0 Å². The van der Waals surface area contributed by atoms with E-state index in [1.54, 1.807) is 6.20 Å². The first kappa shape index (κ1) is 10.9. The zero-order valence-corrected chi connectivity index (χ0v) is 8.41. The third kappa shape index (κ3) is 2.64. The van der Waals surface area contributed by atoms with Crippen molar-refractivity contribution in [1.29, 1.82) is 0 Å². The molecule has 0 aromatic carbocycles. The van der Waals surface area contributed by atoms with Gasteiger partial charge in [0.25, 0.3) is 5.12 Å². The normalized spacial score (nSPS) is 13.9. The van der Waals surface area contributed by atoms with Gasteiger partial charge in [0.15, 0.2) is 0 Å². The van der Waals surface area contributed by atoms with Crippen LogP contribution in [0.4, 0.5) is 0 Å². The van der Waals surface area contributed by atoms with E-state index in [0.717, 1.165) is 6.26 Å². The van der Waals surface area contributed by atoms with Crippen molar-refractivity contribution in [2.75, 3.05) is 6.26 Å². The summed E-state index contributed by atoms with van der Waals surface area (Å²) in [7, 11) is -3.71. The van der Waals surface area contributed by atoms with E-state index < -0.39 is 21.0 Å². The quantitative estimate of drug-likeness (QED) is 0.665. The predicted molar refractivity (Wildman–Crippen MR) is 50.1 cm³/mol. The molecule has 0 aliphatic carbocycles. The number of sulfone groups is 1. The van der Waals surface area contributed by atoms with E-state index >= 15 is 0 Å². The Labute approximate surface area is 81.4 Å². The fourth-order valence-electron chi connectivity index (χ4n) is 0.986. The Balaban J connectivity index is 2.69. The van der Waals surface area contributed by atoms with Crippen molar-refractivity contribution in [3.8, 4) is 0 Å². The summed E-state index contributed by atoms with van der Waals surface area (Å²) >= 11 is 0. The van der Waals surface area contributed by atoms with Crippen LogP contribution in [0, 0.1) is 0 Å². The number of carbonyl (C=O) groups excluding carboxylic acids is 1. The third-order valence-electron chi connectivity index (χ3n) is 1.65. The van der Waals surface area contributed by atoms with Gasteiger partial charge in [-0.3, -0.25) is 4.79 Å². The molecular formula is C7H11N3O3S. The highest BCUT2D eigenvalue weighted by Gasteiger charge is 2.24. The largest absolute Gasteiger partial charge is 0.351 e. The number of imidazole rings is 1. The van der Waals surface area contributed by atoms with Crippen LogP contribution in [0.15, 0.2) is 12.5 Å². The van der Waals surface area contributed by atoms with Gasteiger partial charge < -0.3 is 10.7 Å². The second kappa shape index (κ2) is 3.89. The molecule has 14 heavy (non-hydrogen) atoms. The van der Waals surface area contributed by atoms with Crippen LogP contribution in [0.25, 0.3) is 0 Å². The number of H-pyrrole nitrogens is 1. The lowest BCUT2D eigenvalue weighted by Crippen LogP contribution is -2.37. The molecule has 0 aliphatic rings. The summed E-state index contributed by atoms with van der Waals surface area (Å²) in [6.45, 7) is 0. The first-order valence-electron chi connectivity index (χ1n) is 3.88. The number of nitrogens with two attached hydrogens (primary N) is 1. The smallest absolute Gasteiger partial charge is 0.263 e. The minimum atomic E-state index is -3.71. The molecule has 1 aromatic heterocycles. The monoisotopic (exact) mass is 217 g/mol. The Morgan fingerprint density at radius 1 is 1.71 bits per heavy atom. The first-order valence-corrected chi connectivity index (χ1v) is 5.77.